The van der Waals surface area contributed by atoms with Crippen molar-refractivity contribution in [3.63, 3.8) is 0 Å². The molecular weight excluding hydrogens is 411 g/mol. The summed E-state index contributed by atoms with van der Waals surface area (Å²) >= 11 is 3.28. The van der Waals surface area contributed by atoms with Gasteiger partial charge in [-0.1, -0.05) is 15.9 Å². The Kier molecular flexibility index (Phi) is 5.60. The molecule has 1 aromatic carbocycles. The molecule has 2 aliphatic rings. The monoisotopic (exact) mass is 430 g/mol. The smallest absolute Gasteiger partial charge is 0.246 e. The SMILES string of the molecule is O=C(/C=C/c1cc(Br)ccc1F)N1CCN(C2CCS(=O)(=O)C2)CC1. The number of piperazine rings is 1. The van der Waals surface area contributed by atoms with Gasteiger partial charge in [-0.2, -0.15) is 0 Å². The summed E-state index contributed by atoms with van der Waals surface area (Å²) in [6.07, 6.45) is 3.55. The van der Waals surface area contributed by atoms with Crippen molar-refractivity contribution in [1.82, 2.24) is 9.80 Å². The van der Waals surface area contributed by atoms with E-state index in [1.54, 1.807) is 17.0 Å². The van der Waals surface area contributed by atoms with Gasteiger partial charge in [-0.05, 0) is 30.7 Å². The first kappa shape index (κ1) is 18.5. The van der Waals surface area contributed by atoms with E-state index in [0.717, 1.165) is 4.47 Å². The summed E-state index contributed by atoms with van der Waals surface area (Å²) < 4.78 is 37.6. The molecule has 1 amide bonds. The Hall–Kier alpha value is -1.25. The first-order valence-corrected chi connectivity index (χ1v) is 10.8. The second-order valence-corrected chi connectivity index (χ2v) is 9.56. The Labute approximate surface area is 155 Å². The molecule has 1 atom stereocenters. The van der Waals surface area contributed by atoms with Crippen LogP contribution < -0.4 is 0 Å². The third-order valence-corrected chi connectivity index (χ3v) is 6.96. The van der Waals surface area contributed by atoms with E-state index in [1.807, 2.05) is 0 Å². The van der Waals surface area contributed by atoms with Gasteiger partial charge in [0.1, 0.15) is 5.82 Å². The van der Waals surface area contributed by atoms with Crippen molar-refractivity contribution >= 4 is 37.8 Å². The minimum atomic E-state index is -2.89. The Balaban J connectivity index is 1.55. The Bertz CT molecular complexity index is 789. The maximum Gasteiger partial charge on any atom is 0.246 e. The van der Waals surface area contributed by atoms with Crippen LogP contribution in [0.2, 0.25) is 0 Å². The third-order valence-electron chi connectivity index (χ3n) is 4.71. The fourth-order valence-corrected chi connectivity index (χ4v) is 5.42. The average Bonchev–Trinajstić information content (AvgIpc) is 2.95. The number of nitrogens with zero attached hydrogens (tertiary/aromatic N) is 2. The van der Waals surface area contributed by atoms with Crippen molar-refractivity contribution < 1.29 is 17.6 Å². The largest absolute Gasteiger partial charge is 0.337 e. The number of hydrogen-bond acceptors (Lipinski definition) is 4. The molecule has 1 aromatic rings. The molecule has 25 heavy (non-hydrogen) atoms. The number of benzene rings is 1. The number of sulfone groups is 1. The van der Waals surface area contributed by atoms with E-state index >= 15 is 0 Å². The van der Waals surface area contributed by atoms with E-state index in [0.29, 0.717) is 38.2 Å². The number of amides is 1. The van der Waals surface area contributed by atoms with Crippen LogP contribution in [-0.4, -0.2) is 67.9 Å². The molecule has 0 radical (unpaired) electrons. The lowest BCUT2D eigenvalue weighted by Gasteiger charge is -2.37. The highest BCUT2D eigenvalue weighted by Crippen LogP contribution is 2.20. The van der Waals surface area contributed by atoms with Gasteiger partial charge in [-0.3, -0.25) is 9.69 Å². The topological polar surface area (TPSA) is 57.7 Å². The van der Waals surface area contributed by atoms with E-state index in [2.05, 4.69) is 20.8 Å². The van der Waals surface area contributed by atoms with Crippen molar-refractivity contribution in [3.8, 4) is 0 Å². The highest BCUT2D eigenvalue weighted by Gasteiger charge is 2.34. The van der Waals surface area contributed by atoms with Crippen LogP contribution in [0.3, 0.4) is 0 Å². The highest BCUT2D eigenvalue weighted by atomic mass is 79.9. The van der Waals surface area contributed by atoms with E-state index in [1.165, 1.54) is 18.2 Å². The van der Waals surface area contributed by atoms with Gasteiger partial charge in [0.25, 0.3) is 0 Å². The Morgan fingerprint density at radius 2 is 1.96 bits per heavy atom. The summed E-state index contributed by atoms with van der Waals surface area (Å²) in [6, 6.07) is 4.66. The first-order chi connectivity index (χ1) is 11.8. The van der Waals surface area contributed by atoms with Crippen LogP contribution in [0, 0.1) is 5.82 Å². The van der Waals surface area contributed by atoms with Crippen LogP contribution in [0.4, 0.5) is 4.39 Å². The molecular formula is C17H20BrFN2O3S. The minimum Gasteiger partial charge on any atom is -0.337 e. The fourth-order valence-electron chi connectivity index (χ4n) is 3.28. The van der Waals surface area contributed by atoms with E-state index in [9.17, 15) is 17.6 Å². The van der Waals surface area contributed by atoms with Gasteiger partial charge >= 0.3 is 0 Å². The van der Waals surface area contributed by atoms with Gasteiger partial charge in [0.2, 0.25) is 5.91 Å². The molecule has 136 valence electrons. The zero-order valence-electron chi connectivity index (χ0n) is 13.7. The molecule has 0 N–H and O–H groups in total. The van der Waals surface area contributed by atoms with Crippen LogP contribution in [0.1, 0.15) is 12.0 Å². The molecule has 3 rings (SSSR count). The van der Waals surface area contributed by atoms with Crippen LogP contribution >= 0.6 is 15.9 Å². The van der Waals surface area contributed by atoms with Crippen LogP contribution in [-0.2, 0) is 14.6 Å². The molecule has 2 saturated heterocycles. The van der Waals surface area contributed by atoms with Crippen LogP contribution in [0.25, 0.3) is 6.08 Å². The lowest BCUT2D eigenvalue weighted by Crippen LogP contribution is -2.52. The van der Waals surface area contributed by atoms with E-state index < -0.39 is 9.84 Å². The number of halogens is 2. The lowest BCUT2D eigenvalue weighted by atomic mass is 10.1. The molecule has 0 saturated carbocycles. The zero-order valence-corrected chi connectivity index (χ0v) is 16.1. The van der Waals surface area contributed by atoms with Gasteiger partial charge in [-0.15, -0.1) is 0 Å². The summed E-state index contributed by atoms with van der Waals surface area (Å²) in [7, 11) is -2.89. The molecule has 2 heterocycles. The van der Waals surface area contributed by atoms with Gasteiger partial charge in [-0.25, -0.2) is 12.8 Å². The fraction of sp³-hybridized carbons (Fsp3) is 0.471. The van der Waals surface area contributed by atoms with E-state index in [-0.39, 0.29) is 29.3 Å². The van der Waals surface area contributed by atoms with E-state index in [4.69, 9.17) is 0 Å². The molecule has 0 aliphatic carbocycles. The molecule has 8 heteroatoms. The van der Waals surface area contributed by atoms with Crippen molar-refractivity contribution in [1.29, 1.82) is 0 Å². The number of carbonyl (C=O) groups excluding carboxylic acids is 1. The number of rotatable bonds is 3. The predicted octanol–water partition coefficient (Wildman–Crippen LogP) is 1.93. The third kappa shape index (κ3) is 4.68. The summed E-state index contributed by atoms with van der Waals surface area (Å²) in [5, 5.41) is 0. The molecule has 2 aliphatic heterocycles. The molecule has 0 bridgehead atoms. The standard InChI is InChI=1S/C17H20BrFN2O3S/c18-14-2-3-16(19)13(11-14)1-4-17(22)21-8-6-20(7-9-21)15-5-10-25(23,24)12-15/h1-4,11,15H,5-10,12H2/b4-1+. The first-order valence-electron chi connectivity index (χ1n) is 8.20. The number of hydrogen-bond donors (Lipinski definition) is 0. The predicted molar refractivity (Wildman–Crippen MR) is 98.3 cm³/mol. The van der Waals surface area contributed by atoms with Gasteiger partial charge in [0.15, 0.2) is 9.84 Å². The summed E-state index contributed by atoms with van der Waals surface area (Å²) in [5.74, 6) is -0.0432. The quantitative estimate of drug-likeness (QED) is 0.687. The lowest BCUT2D eigenvalue weighted by molar-refractivity contribution is -0.127. The maximum absolute atomic E-state index is 13.7. The summed E-state index contributed by atoms with van der Waals surface area (Å²) in [4.78, 5) is 16.2. The second kappa shape index (κ2) is 7.55. The normalized spacial score (nSPS) is 24.1. The van der Waals surface area contributed by atoms with Gasteiger partial charge in [0.05, 0.1) is 11.5 Å². The Morgan fingerprint density at radius 3 is 2.60 bits per heavy atom. The van der Waals surface area contributed by atoms with Crippen molar-refractivity contribution in [3.05, 3.63) is 40.1 Å². The molecule has 2 fully saturated rings. The molecule has 5 nitrogen and oxygen atoms in total. The molecule has 0 aromatic heterocycles. The van der Waals surface area contributed by atoms with Gasteiger partial charge in [0, 0.05) is 48.3 Å². The van der Waals surface area contributed by atoms with Crippen LogP contribution in [0.15, 0.2) is 28.7 Å². The van der Waals surface area contributed by atoms with Crippen LogP contribution in [0.5, 0.6) is 0 Å². The summed E-state index contributed by atoms with van der Waals surface area (Å²) in [5.41, 5.74) is 0.359. The van der Waals surface area contributed by atoms with Crippen molar-refractivity contribution in [2.75, 3.05) is 37.7 Å². The van der Waals surface area contributed by atoms with Gasteiger partial charge < -0.3 is 4.90 Å². The average molecular weight is 431 g/mol. The van der Waals surface area contributed by atoms with Crippen molar-refractivity contribution in [2.45, 2.75) is 12.5 Å². The second-order valence-electron chi connectivity index (χ2n) is 6.42. The highest BCUT2D eigenvalue weighted by molar-refractivity contribution is 9.10. The summed E-state index contributed by atoms with van der Waals surface area (Å²) in [6.45, 7) is 2.46. The maximum atomic E-state index is 13.7. The molecule has 1 unspecified atom stereocenters. The van der Waals surface area contributed by atoms with Crippen molar-refractivity contribution in [2.24, 2.45) is 0 Å². The minimum absolute atomic E-state index is 0.0774. The Morgan fingerprint density at radius 1 is 1.24 bits per heavy atom. The zero-order chi connectivity index (χ0) is 18.0. The number of carbonyl (C=O) groups is 1. The molecule has 0 spiro atoms.